The molecule has 0 radical (unpaired) electrons. The molecule has 112 valence electrons. The van der Waals surface area contributed by atoms with Crippen molar-refractivity contribution >= 4 is 23.9 Å². The molecule has 0 heterocycles. The molecular formula is C18H19N3O. The minimum atomic E-state index is -0.157. The van der Waals surface area contributed by atoms with Gasteiger partial charge in [-0.3, -0.25) is 4.79 Å². The SMILES string of the molecule is CN(CC(=O)N/N=C\C=C\c1ccccc1)c1ccccc1. The van der Waals surface area contributed by atoms with Crippen molar-refractivity contribution in [2.45, 2.75) is 0 Å². The van der Waals surface area contributed by atoms with Gasteiger partial charge in [-0.1, -0.05) is 54.6 Å². The van der Waals surface area contributed by atoms with Gasteiger partial charge in [-0.2, -0.15) is 5.10 Å². The minimum absolute atomic E-state index is 0.157. The van der Waals surface area contributed by atoms with Crippen molar-refractivity contribution in [1.82, 2.24) is 5.43 Å². The number of nitrogens with zero attached hydrogens (tertiary/aromatic N) is 2. The predicted octanol–water partition coefficient (Wildman–Crippen LogP) is 2.94. The van der Waals surface area contributed by atoms with Crippen molar-refractivity contribution in [1.29, 1.82) is 0 Å². The zero-order chi connectivity index (χ0) is 15.6. The Labute approximate surface area is 130 Å². The quantitative estimate of drug-likeness (QED) is 0.657. The van der Waals surface area contributed by atoms with E-state index >= 15 is 0 Å². The van der Waals surface area contributed by atoms with Crippen LogP contribution >= 0.6 is 0 Å². The first-order valence-corrected chi connectivity index (χ1v) is 7.05. The van der Waals surface area contributed by atoms with Crippen molar-refractivity contribution in [2.75, 3.05) is 18.5 Å². The van der Waals surface area contributed by atoms with Gasteiger partial charge in [0.1, 0.15) is 0 Å². The number of hydrogen-bond donors (Lipinski definition) is 1. The van der Waals surface area contributed by atoms with Crippen LogP contribution < -0.4 is 10.3 Å². The maximum Gasteiger partial charge on any atom is 0.259 e. The number of benzene rings is 2. The average molecular weight is 293 g/mol. The van der Waals surface area contributed by atoms with Gasteiger partial charge >= 0.3 is 0 Å². The van der Waals surface area contributed by atoms with Crippen molar-refractivity contribution in [3.63, 3.8) is 0 Å². The molecule has 0 saturated carbocycles. The average Bonchev–Trinajstić information content (AvgIpc) is 2.56. The molecule has 1 amide bonds. The molecule has 0 spiro atoms. The number of likely N-dealkylation sites (N-methyl/N-ethyl adjacent to an activating group) is 1. The molecule has 0 aliphatic rings. The Balaban J connectivity index is 1.76. The number of carbonyl (C=O) groups excluding carboxylic acids is 1. The first-order chi connectivity index (χ1) is 10.8. The lowest BCUT2D eigenvalue weighted by Crippen LogP contribution is -2.32. The van der Waals surface area contributed by atoms with Gasteiger partial charge in [0.15, 0.2) is 0 Å². The second kappa shape index (κ2) is 8.42. The number of anilines is 1. The molecule has 0 saturated heterocycles. The lowest BCUT2D eigenvalue weighted by atomic mass is 10.2. The molecular weight excluding hydrogens is 274 g/mol. The molecule has 0 aliphatic heterocycles. The largest absolute Gasteiger partial charge is 0.365 e. The second-order valence-corrected chi connectivity index (χ2v) is 4.77. The molecule has 0 atom stereocenters. The van der Waals surface area contributed by atoms with E-state index in [0.717, 1.165) is 11.3 Å². The van der Waals surface area contributed by atoms with Crippen LogP contribution in [0.5, 0.6) is 0 Å². The number of nitrogens with one attached hydrogen (secondary N) is 1. The highest BCUT2D eigenvalue weighted by molar-refractivity contribution is 5.83. The summed E-state index contributed by atoms with van der Waals surface area (Å²) >= 11 is 0. The Bertz CT molecular complexity index is 636. The Hall–Kier alpha value is -2.88. The molecule has 2 rings (SSSR count). The lowest BCUT2D eigenvalue weighted by Gasteiger charge is -2.17. The van der Waals surface area contributed by atoms with Crippen LogP contribution in [0.15, 0.2) is 71.8 Å². The van der Waals surface area contributed by atoms with Crippen molar-refractivity contribution in [3.8, 4) is 0 Å². The normalized spacial score (nSPS) is 11.0. The summed E-state index contributed by atoms with van der Waals surface area (Å²) < 4.78 is 0. The maximum absolute atomic E-state index is 11.8. The Morgan fingerprint density at radius 3 is 2.41 bits per heavy atom. The van der Waals surface area contributed by atoms with Crippen LogP contribution in [0.2, 0.25) is 0 Å². The monoisotopic (exact) mass is 293 g/mol. The van der Waals surface area contributed by atoms with Crippen molar-refractivity contribution in [3.05, 3.63) is 72.3 Å². The fourth-order valence-corrected chi connectivity index (χ4v) is 1.90. The van der Waals surface area contributed by atoms with Gasteiger partial charge in [-0.25, -0.2) is 5.43 Å². The Morgan fingerprint density at radius 1 is 1.09 bits per heavy atom. The third kappa shape index (κ3) is 5.25. The first kappa shape index (κ1) is 15.5. The molecule has 0 aromatic heterocycles. The van der Waals surface area contributed by atoms with E-state index < -0.39 is 0 Å². The zero-order valence-electron chi connectivity index (χ0n) is 12.5. The number of rotatable bonds is 6. The third-order valence-corrected chi connectivity index (χ3v) is 3.02. The number of hydrogen-bond acceptors (Lipinski definition) is 3. The van der Waals surface area contributed by atoms with Crippen LogP contribution in [0.4, 0.5) is 5.69 Å². The molecule has 22 heavy (non-hydrogen) atoms. The predicted molar refractivity (Wildman–Crippen MR) is 91.8 cm³/mol. The van der Waals surface area contributed by atoms with Crippen molar-refractivity contribution in [2.24, 2.45) is 5.10 Å². The van der Waals surface area contributed by atoms with E-state index in [1.165, 1.54) is 0 Å². The summed E-state index contributed by atoms with van der Waals surface area (Å²) in [4.78, 5) is 13.6. The van der Waals surface area contributed by atoms with Gasteiger partial charge in [0.2, 0.25) is 0 Å². The Morgan fingerprint density at radius 2 is 1.73 bits per heavy atom. The topological polar surface area (TPSA) is 44.7 Å². The van der Waals surface area contributed by atoms with Gasteiger partial charge in [-0.15, -0.1) is 0 Å². The van der Waals surface area contributed by atoms with Crippen molar-refractivity contribution < 1.29 is 4.79 Å². The van der Waals surface area contributed by atoms with E-state index in [-0.39, 0.29) is 12.5 Å². The molecule has 0 aliphatic carbocycles. The van der Waals surface area contributed by atoms with E-state index in [4.69, 9.17) is 0 Å². The van der Waals surface area contributed by atoms with Crippen LogP contribution in [0.1, 0.15) is 5.56 Å². The minimum Gasteiger partial charge on any atom is -0.365 e. The summed E-state index contributed by atoms with van der Waals surface area (Å²) in [6.45, 7) is 0.254. The van der Waals surface area contributed by atoms with Gasteiger partial charge in [0.05, 0.1) is 6.54 Å². The maximum atomic E-state index is 11.8. The highest BCUT2D eigenvalue weighted by atomic mass is 16.2. The molecule has 0 unspecified atom stereocenters. The van der Waals surface area contributed by atoms with E-state index in [9.17, 15) is 4.79 Å². The second-order valence-electron chi connectivity index (χ2n) is 4.77. The van der Waals surface area contributed by atoms with Gasteiger partial charge in [0.25, 0.3) is 5.91 Å². The third-order valence-electron chi connectivity index (χ3n) is 3.02. The van der Waals surface area contributed by atoms with Gasteiger partial charge in [-0.05, 0) is 23.8 Å². The number of amides is 1. The molecule has 2 aromatic carbocycles. The standard InChI is InChI=1S/C18H19N3O/c1-21(17-12-6-3-7-13-17)15-18(22)20-19-14-8-11-16-9-4-2-5-10-16/h2-14H,15H2,1H3,(H,20,22)/b11-8+,19-14-. The summed E-state index contributed by atoms with van der Waals surface area (Å²) in [5.74, 6) is -0.157. The molecule has 2 aromatic rings. The van der Waals surface area contributed by atoms with Crippen LogP contribution in [-0.2, 0) is 4.79 Å². The molecule has 4 heteroatoms. The van der Waals surface area contributed by atoms with Crippen LogP contribution in [0.3, 0.4) is 0 Å². The van der Waals surface area contributed by atoms with Gasteiger partial charge in [0, 0.05) is 18.9 Å². The molecule has 4 nitrogen and oxygen atoms in total. The fourth-order valence-electron chi connectivity index (χ4n) is 1.90. The summed E-state index contributed by atoms with van der Waals surface area (Å²) in [6, 6.07) is 19.6. The summed E-state index contributed by atoms with van der Waals surface area (Å²) in [5, 5.41) is 3.90. The number of hydrazone groups is 1. The Kier molecular flexibility index (Phi) is 5.93. The number of carbonyl (C=O) groups is 1. The first-order valence-electron chi connectivity index (χ1n) is 7.05. The fraction of sp³-hybridized carbons (Fsp3) is 0.111. The molecule has 1 N–H and O–H groups in total. The molecule has 0 bridgehead atoms. The summed E-state index contributed by atoms with van der Waals surface area (Å²) in [7, 11) is 1.87. The van der Waals surface area contributed by atoms with E-state index in [2.05, 4.69) is 10.5 Å². The number of para-hydroxylation sites is 1. The van der Waals surface area contributed by atoms with E-state index in [1.54, 1.807) is 12.3 Å². The van der Waals surface area contributed by atoms with E-state index in [0.29, 0.717) is 0 Å². The van der Waals surface area contributed by atoms with Crippen LogP contribution in [0, 0.1) is 0 Å². The highest BCUT2D eigenvalue weighted by Gasteiger charge is 2.05. The van der Waals surface area contributed by atoms with E-state index in [1.807, 2.05) is 78.7 Å². The summed E-state index contributed by atoms with van der Waals surface area (Å²) in [6.07, 6.45) is 5.27. The molecule has 0 fully saturated rings. The smallest absolute Gasteiger partial charge is 0.259 e. The van der Waals surface area contributed by atoms with Crippen LogP contribution in [0.25, 0.3) is 6.08 Å². The highest BCUT2D eigenvalue weighted by Crippen LogP contribution is 2.09. The number of allylic oxidation sites excluding steroid dienone is 1. The zero-order valence-corrected chi connectivity index (χ0v) is 12.5. The summed E-state index contributed by atoms with van der Waals surface area (Å²) in [5.41, 5.74) is 4.59. The van der Waals surface area contributed by atoms with Gasteiger partial charge < -0.3 is 4.90 Å². The lowest BCUT2D eigenvalue weighted by molar-refractivity contribution is -0.119. The van der Waals surface area contributed by atoms with Crippen LogP contribution in [-0.4, -0.2) is 25.7 Å².